The van der Waals surface area contributed by atoms with Crippen LogP contribution >= 0.6 is 11.8 Å². The van der Waals surface area contributed by atoms with Gasteiger partial charge in [-0.2, -0.15) is 0 Å². The van der Waals surface area contributed by atoms with E-state index in [1.54, 1.807) is 0 Å². The lowest BCUT2D eigenvalue weighted by molar-refractivity contribution is 0.226. The summed E-state index contributed by atoms with van der Waals surface area (Å²) in [6.07, 6.45) is 1.26. The molecule has 106 valence electrons. The number of thioether (sulfide) groups is 1. The smallest absolute Gasteiger partial charge is 0.121 e. The lowest BCUT2D eigenvalue weighted by atomic mass is 10.1. The fraction of sp³-hybridized carbons (Fsp3) is 0.333. The molecule has 0 fully saturated rings. The molecule has 0 N–H and O–H groups in total. The number of rotatable bonds is 6. The van der Waals surface area contributed by atoms with Gasteiger partial charge in [-0.05, 0) is 49.3 Å². The van der Waals surface area contributed by atoms with Crippen molar-refractivity contribution in [3.8, 4) is 5.75 Å². The van der Waals surface area contributed by atoms with Crippen LogP contribution in [0.3, 0.4) is 0 Å². The average molecular weight is 286 g/mol. The predicted octanol–water partition coefficient (Wildman–Crippen LogP) is 5.64. The molecule has 0 aliphatic rings. The summed E-state index contributed by atoms with van der Waals surface area (Å²) in [5.74, 6) is 2.10. The zero-order valence-corrected chi connectivity index (χ0v) is 13.2. The monoisotopic (exact) mass is 286 g/mol. The zero-order chi connectivity index (χ0) is 14.4. The molecule has 2 aromatic rings. The Morgan fingerprint density at radius 2 is 1.85 bits per heavy atom. The molecule has 0 aromatic heterocycles. The van der Waals surface area contributed by atoms with Crippen LogP contribution in [0.15, 0.2) is 53.4 Å². The van der Waals surface area contributed by atoms with Crippen molar-refractivity contribution in [2.75, 3.05) is 5.75 Å². The molecule has 0 spiro atoms. The Bertz CT molecular complexity index is 536. The molecule has 0 saturated carbocycles. The highest BCUT2D eigenvalue weighted by Crippen LogP contribution is 2.29. The summed E-state index contributed by atoms with van der Waals surface area (Å²) in [4.78, 5) is 1.32. The van der Waals surface area contributed by atoms with Gasteiger partial charge in [0, 0.05) is 4.90 Å². The molecule has 2 heteroatoms. The van der Waals surface area contributed by atoms with E-state index in [4.69, 9.17) is 4.74 Å². The van der Waals surface area contributed by atoms with Crippen LogP contribution in [0.25, 0.3) is 0 Å². The van der Waals surface area contributed by atoms with Gasteiger partial charge >= 0.3 is 0 Å². The molecule has 0 aliphatic carbocycles. The van der Waals surface area contributed by atoms with E-state index in [2.05, 4.69) is 51.1 Å². The summed E-state index contributed by atoms with van der Waals surface area (Å²) in [5, 5.41) is 0. The minimum Gasteiger partial charge on any atom is -0.486 e. The normalized spacial score (nSPS) is 12.2. The summed E-state index contributed by atoms with van der Waals surface area (Å²) in [6, 6.07) is 16.7. The van der Waals surface area contributed by atoms with E-state index in [-0.39, 0.29) is 6.10 Å². The summed E-state index contributed by atoms with van der Waals surface area (Å²) >= 11 is 1.90. The largest absolute Gasteiger partial charge is 0.486 e. The van der Waals surface area contributed by atoms with Crippen LogP contribution in [0.5, 0.6) is 5.75 Å². The molecule has 0 bridgehead atoms. The van der Waals surface area contributed by atoms with E-state index in [1.807, 2.05) is 30.0 Å². The number of hydrogen-bond acceptors (Lipinski definition) is 2. The Kier molecular flexibility index (Phi) is 5.54. The van der Waals surface area contributed by atoms with Crippen molar-refractivity contribution in [1.82, 2.24) is 0 Å². The van der Waals surface area contributed by atoms with E-state index < -0.39 is 0 Å². The van der Waals surface area contributed by atoms with E-state index in [0.717, 1.165) is 11.5 Å². The lowest BCUT2D eigenvalue weighted by Crippen LogP contribution is -2.03. The van der Waals surface area contributed by atoms with Gasteiger partial charge in [-0.25, -0.2) is 0 Å². The molecule has 20 heavy (non-hydrogen) atoms. The predicted molar refractivity (Wildman–Crippen MR) is 87.7 cm³/mol. The van der Waals surface area contributed by atoms with E-state index in [9.17, 15) is 0 Å². The van der Waals surface area contributed by atoms with Crippen LogP contribution < -0.4 is 4.74 Å². The Balaban J connectivity index is 2.09. The average Bonchev–Trinajstić information content (AvgIpc) is 2.48. The first-order valence-electron chi connectivity index (χ1n) is 7.15. The van der Waals surface area contributed by atoms with Crippen molar-refractivity contribution in [2.45, 2.75) is 38.2 Å². The van der Waals surface area contributed by atoms with E-state index in [1.165, 1.54) is 22.4 Å². The van der Waals surface area contributed by atoms with Crippen molar-refractivity contribution in [2.24, 2.45) is 0 Å². The highest BCUT2D eigenvalue weighted by Gasteiger charge is 2.08. The van der Waals surface area contributed by atoms with Gasteiger partial charge in [0.25, 0.3) is 0 Å². The minimum absolute atomic E-state index is 0.0722. The first-order valence-corrected chi connectivity index (χ1v) is 8.14. The second-order valence-corrected chi connectivity index (χ2v) is 6.08. The van der Waals surface area contributed by atoms with Crippen molar-refractivity contribution >= 4 is 11.8 Å². The van der Waals surface area contributed by atoms with E-state index in [0.29, 0.717) is 0 Å². The quantitative estimate of drug-likeness (QED) is 0.636. The fourth-order valence-electron chi connectivity index (χ4n) is 2.02. The fourth-order valence-corrected chi connectivity index (χ4v) is 2.94. The zero-order valence-electron chi connectivity index (χ0n) is 12.4. The molecule has 0 amide bonds. The molecule has 1 unspecified atom stereocenters. The molecule has 0 radical (unpaired) electrons. The molecular formula is C18H22OS. The van der Waals surface area contributed by atoms with Gasteiger partial charge in [0.05, 0.1) is 0 Å². The van der Waals surface area contributed by atoms with Crippen molar-refractivity contribution in [3.05, 3.63) is 59.7 Å². The van der Waals surface area contributed by atoms with Crippen LogP contribution in [0, 0.1) is 6.92 Å². The molecular weight excluding hydrogens is 264 g/mol. The van der Waals surface area contributed by atoms with Crippen molar-refractivity contribution < 1.29 is 4.74 Å². The maximum Gasteiger partial charge on any atom is 0.121 e. The SMILES string of the molecule is CCCSc1cc(OC(C)c2ccccc2)ccc1C. The summed E-state index contributed by atoms with van der Waals surface area (Å²) in [6.45, 7) is 6.45. The first-order chi connectivity index (χ1) is 9.70. The molecule has 0 aliphatic heterocycles. The molecule has 0 heterocycles. The number of ether oxygens (including phenoxy) is 1. The molecule has 2 rings (SSSR count). The highest BCUT2D eigenvalue weighted by molar-refractivity contribution is 7.99. The van der Waals surface area contributed by atoms with Gasteiger partial charge in [0.15, 0.2) is 0 Å². The van der Waals surface area contributed by atoms with Gasteiger partial charge in [-0.15, -0.1) is 11.8 Å². The Morgan fingerprint density at radius 3 is 2.55 bits per heavy atom. The Hall–Kier alpha value is -1.41. The van der Waals surface area contributed by atoms with Crippen LogP contribution in [-0.2, 0) is 0 Å². The number of hydrogen-bond donors (Lipinski definition) is 0. The third-order valence-electron chi connectivity index (χ3n) is 3.20. The Morgan fingerprint density at radius 1 is 1.10 bits per heavy atom. The summed E-state index contributed by atoms with van der Waals surface area (Å²) in [7, 11) is 0. The van der Waals surface area contributed by atoms with Crippen molar-refractivity contribution in [1.29, 1.82) is 0 Å². The number of benzene rings is 2. The highest BCUT2D eigenvalue weighted by atomic mass is 32.2. The standard InChI is InChI=1S/C18H22OS/c1-4-12-20-18-13-17(11-10-14(18)2)19-15(3)16-8-6-5-7-9-16/h5-11,13,15H,4,12H2,1-3H3. The third kappa shape index (κ3) is 4.04. The first kappa shape index (κ1) is 15.0. The molecule has 0 saturated heterocycles. The van der Waals surface area contributed by atoms with Crippen LogP contribution in [0.1, 0.15) is 37.5 Å². The lowest BCUT2D eigenvalue weighted by Gasteiger charge is -2.16. The molecule has 1 atom stereocenters. The molecule has 2 aromatic carbocycles. The van der Waals surface area contributed by atoms with Gasteiger partial charge < -0.3 is 4.74 Å². The number of aryl methyl sites for hydroxylation is 1. The van der Waals surface area contributed by atoms with Gasteiger partial charge in [-0.3, -0.25) is 0 Å². The summed E-state index contributed by atoms with van der Waals surface area (Å²) in [5.41, 5.74) is 2.53. The van der Waals surface area contributed by atoms with Crippen LogP contribution in [0.2, 0.25) is 0 Å². The second-order valence-electron chi connectivity index (χ2n) is 4.95. The third-order valence-corrected chi connectivity index (χ3v) is 4.57. The maximum absolute atomic E-state index is 6.06. The molecule has 1 nitrogen and oxygen atoms in total. The van der Waals surface area contributed by atoms with Crippen molar-refractivity contribution in [3.63, 3.8) is 0 Å². The summed E-state index contributed by atoms with van der Waals surface area (Å²) < 4.78 is 6.06. The minimum atomic E-state index is 0.0722. The second kappa shape index (κ2) is 7.39. The van der Waals surface area contributed by atoms with Crippen LogP contribution in [0.4, 0.5) is 0 Å². The van der Waals surface area contributed by atoms with Gasteiger partial charge in [0.2, 0.25) is 0 Å². The maximum atomic E-state index is 6.06. The van der Waals surface area contributed by atoms with E-state index >= 15 is 0 Å². The Labute approximate surface area is 126 Å². The topological polar surface area (TPSA) is 9.23 Å². The van der Waals surface area contributed by atoms with Gasteiger partial charge in [-0.1, -0.05) is 43.3 Å². The van der Waals surface area contributed by atoms with Crippen LogP contribution in [-0.4, -0.2) is 5.75 Å². The van der Waals surface area contributed by atoms with Gasteiger partial charge in [0.1, 0.15) is 11.9 Å².